The molecule has 2 nitrogen and oxygen atoms in total. The molecule has 0 aliphatic rings. The highest BCUT2D eigenvalue weighted by atomic mass is 14.7. The maximum absolute atomic E-state index is 9.88. The van der Waals surface area contributed by atoms with E-state index in [1.54, 1.807) is 0 Å². The number of fused-ring (bicyclic) bond motifs is 3. The van der Waals surface area contributed by atoms with Crippen LogP contribution >= 0.6 is 0 Å². The highest BCUT2D eigenvalue weighted by molar-refractivity contribution is 6.23. The first-order valence-electron chi connectivity index (χ1n) is 15.8. The van der Waals surface area contributed by atoms with E-state index >= 15 is 0 Å². The Bertz CT molecular complexity index is 2580. The minimum Gasteiger partial charge on any atom is -0.256 e. The second-order valence-electron chi connectivity index (χ2n) is 11.6. The maximum atomic E-state index is 9.88. The van der Waals surface area contributed by atoms with Gasteiger partial charge >= 0.3 is 0 Å². The molecule has 0 aliphatic carbocycles. The van der Waals surface area contributed by atoms with Crippen LogP contribution in [0.3, 0.4) is 0 Å². The summed E-state index contributed by atoms with van der Waals surface area (Å²) in [6.45, 7) is 16.5. The van der Waals surface area contributed by atoms with Gasteiger partial charge in [-0.25, -0.2) is 0 Å². The van der Waals surface area contributed by atoms with E-state index in [0.717, 1.165) is 87.4 Å². The Kier molecular flexibility index (Phi) is 7.95. The fourth-order valence-corrected chi connectivity index (χ4v) is 6.79. The number of allylic oxidation sites excluding steroid dienone is 5. The van der Waals surface area contributed by atoms with Crippen molar-refractivity contribution in [3.63, 3.8) is 0 Å². The Morgan fingerprint density at radius 2 is 1.19 bits per heavy atom. The van der Waals surface area contributed by atoms with E-state index in [1.807, 2.05) is 66.9 Å². The SMILES string of the molecule is C=CC(C=C)=C(C=C)c1cc(-c2c3ccccc3c(-c3ccc(C#N)c4ccccc34)c3ccccc23)ncc1/C=c1/ccccc1=C. The lowest BCUT2D eigenvalue weighted by Gasteiger charge is -2.19. The summed E-state index contributed by atoms with van der Waals surface area (Å²) in [6.07, 6.45) is 9.54. The van der Waals surface area contributed by atoms with Crippen molar-refractivity contribution in [3.05, 3.63) is 192 Å². The van der Waals surface area contributed by atoms with Gasteiger partial charge in [0.15, 0.2) is 0 Å². The number of nitrogens with zero attached hydrogens (tertiary/aromatic N) is 2. The molecule has 226 valence electrons. The fourth-order valence-electron chi connectivity index (χ4n) is 6.79. The van der Waals surface area contributed by atoms with Crippen molar-refractivity contribution in [2.24, 2.45) is 0 Å². The lowest BCUT2D eigenvalue weighted by molar-refractivity contribution is 1.31. The van der Waals surface area contributed by atoms with E-state index in [4.69, 9.17) is 4.98 Å². The number of hydrogen-bond donors (Lipinski definition) is 0. The minimum atomic E-state index is 0.666. The quantitative estimate of drug-likeness (QED) is 0.133. The van der Waals surface area contributed by atoms with Crippen molar-refractivity contribution in [3.8, 4) is 28.5 Å². The normalized spacial score (nSPS) is 11.4. The van der Waals surface area contributed by atoms with Gasteiger partial charge in [-0.05, 0) is 83.4 Å². The average Bonchev–Trinajstić information content (AvgIpc) is 3.13. The first kappa shape index (κ1) is 30.1. The molecule has 0 unspecified atom stereocenters. The van der Waals surface area contributed by atoms with Crippen LogP contribution in [0.1, 0.15) is 16.7 Å². The number of benzene rings is 6. The molecule has 6 aromatic carbocycles. The van der Waals surface area contributed by atoms with E-state index in [0.29, 0.717) is 5.56 Å². The van der Waals surface area contributed by atoms with E-state index in [1.165, 1.54) is 0 Å². The molecule has 0 spiro atoms. The van der Waals surface area contributed by atoms with Gasteiger partial charge in [-0.3, -0.25) is 4.98 Å². The molecule has 7 aromatic rings. The summed E-state index contributed by atoms with van der Waals surface area (Å²) in [4.78, 5) is 5.14. The Hall–Kier alpha value is -6.56. The van der Waals surface area contributed by atoms with Crippen LogP contribution < -0.4 is 10.4 Å². The van der Waals surface area contributed by atoms with Gasteiger partial charge < -0.3 is 0 Å². The molecule has 7 rings (SSSR count). The summed E-state index contributed by atoms with van der Waals surface area (Å²) < 4.78 is 0. The summed E-state index contributed by atoms with van der Waals surface area (Å²) >= 11 is 0. The molecule has 0 saturated heterocycles. The van der Waals surface area contributed by atoms with Gasteiger partial charge in [0, 0.05) is 22.7 Å². The standard InChI is InChI=1S/C46H32N2/c1-5-31(6-2)35(7-3)43-27-44(48-29-34(43)26-32-17-9-8-16-30(32)4)46-40-22-14-12-20-38(40)45(39-21-13-15-23-41(39)46)42-25-24-33(28-47)36-18-10-11-19-37(36)42/h5-27,29H,1-4H2/b32-26-. The van der Waals surface area contributed by atoms with Crippen molar-refractivity contribution in [1.82, 2.24) is 4.98 Å². The summed E-state index contributed by atoms with van der Waals surface area (Å²) in [7, 11) is 0. The highest BCUT2D eigenvalue weighted by Crippen LogP contribution is 2.45. The molecule has 0 aliphatic heterocycles. The van der Waals surface area contributed by atoms with Crippen LogP contribution in [0.5, 0.6) is 0 Å². The van der Waals surface area contributed by atoms with Gasteiger partial charge in [0.25, 0.3) is 0 Å². The van der Waals surface area contributed by atoms with Gasteiger partial charge in [0.05, 0.1) is 17.3 Å². The molecule has 0 atom stereocenters. The Balaban J connectivity index is 1.60. The third-order valence-electron chi connectivity index (χ3n) is 9.05. The van der Waals surface area contributed by atoms with E-state index in [9.17, 15) is 5.26 Å². The molecular weight excluding hydrogens is 581 g/mol. The maximum Gasteiger partial charge on any atom is 0.0998 e. The van der Waals surface area contributed by atoms with Crippen LogP contribution in [-0.2, 0) is 0 Å². The summed E-state index contributed by atoms with van der Waals surface area (Å²) in [5.74, 6) is 0. The molecule has 0 N–H and O–H groups in total. The van der Waals surface area contributed by atoms with Crippen LogP contribution in [0.25, 0.3) is 72.9 Å². The molecule has 0 bridgehead atoms. The van der Waals surface area contributed by atoms with Gasteiger partial charge in [-0.15, -0.1) is 0 Å². The monoisotopic (exact) mass is 612 g/mol. The molecule has 2 heteroatoms. The third-order valence-corrected chi connectivity index (χ3v) is 9.05. The first-order chi connectivity index (χ1) is 23.6. The van der Waals surface area contributed by atoms with Crippen LogP contribution in [0.4, 0.5) is 0 Å². The molecule has 1 aromatic heterocycles. The average molecular weight is 613 g/mol. The molecule has 0 saturated carbocycles. The predicted molar refractivity (Wildman–Crippen MR) is 205 cm³/mol. The molecule has 0 amide bonds. The van der Waals surface area contributed by atoms with Crippen molar-refractivity contribution >= 4 is 50.5 Å². The fraction of sp³-hybridized carbons (Fsp3) is 0. The topological polar surface area (TPSA) is 36.7 Å². The zero-order chi connectivity index (χ0) is 33.2. The van der Waals surface area contributed by atoms with Gasteiger partial charge in [-0.2, -0.15) is 5.26 Å². The van der Waals surface area contributed by atoms with E-state index in [2.05, 4.69) is 111 Å². The number of hydrogen-bond acceptors (Lipinski definition) is 2. The minimum absolute atomic E-state index is 0.666. The number of pyridine rings is 1. The zero-order valence-corrected chi connectivity index (χ0v) is 26.6. The molecule has 1 heterocycles. The smallest absolute Gasteiger partial charge is 0.0998 e. The summed E-state index contributed by atoms with van der Waals surface area (Å²) in [5, 5.41) is 18.2. The van der Waals surface area contributed by atoms with Crippen molar-refractivity contribution in [1.29, 1.82) is 5.26 Å². The number of aromatic nitrogens is 1. The van der Waals surface area contributed by atoms with Crippen LogP contribution in [-0.4, -0.2) is 4.98 Å². The predicted octanol–water partition coefficient (Wildman–Crippen LogP) is 10.3. The highest BCUT2D eigenvalue weighted by Gasteiger charge is 2.20. The van der Waals surface area contributed by atoms with Crippen LogP contribution in [0.2, 0.25) is 0 Å². The largest absolute Gasteiger partial charge is 0.256 e. The van der Waals surface area contributed by atoms with Crippen LogP contribution in [0, 0.1) is 11.3 Å². The lowest BCUT2D eigenvalue weighted by atomic mass is 9.84. The first-order valence-corrected chi connectivity index (χ1v) is 15.8. The van der Waals surface area contributed by atoms with E-state index < -0.39 is 0 Å². The van der Waals surface area contributed by atoms with Crippen molar-refractivity contribution in [2.75, 3.05) is 0 Å². The second-order valence-corrected chi connectivity index (χ2v) is 11.6. The molecular formula is C46H32N2. The van der Waals surface area contributed by atoms with Gasteiger partial charge in [0.2, 0.25) is 0 Å². The molecule has 48 heavy (non-hydrogen) atoms. The Labute approximate surface area is 280 Å². The molecule has 0 radical (unpaired) electrons. The Morgan fingerprint density at radius 3 is 1.77 bits per heavy atom. The number of rotatable bonds is 7. The van der Waals surface area contributed by atoms with E-state index in [-0.39, 0.29) is 0 Å². The third kappa shape index (κ3) is 5.05. The van der Waals surface area contributed by atoms with Crippen LogP contribution in [0.15, 0.2) is 165 Å². The van der Waals surface area contributed by atoms with Gasteiger partial charge in [-0.1, -0.05) is 148 Å². The van der Waals surface area contributed by atoms with Gasteiger partial charge in [0.1, 0.15) is 0 Å². The van der Waals surface area contributed by atoms with Crippen molar-refractivity contribution in [2.45, 2.75) is 0 Å². The lowest BCUT2D eigenvalue weighted by Crippen LogP contribution is -2.22. The Morgan fingerprint density at radius 1 is 0.625 bits per heavy atom. The molecule has 0 fully saturated rings. The summed E-state index contributed by atoms with van der Waals surface area (Å²) in [5.41, 5.74) is 8.52. The number of nitriles is 1. The summed E-state index contributed by atoms with van der Waals surface area (Å²) in [6, 6.07) is 41.8. The second kappa shape index (κ2) is 12.7. The zero-order valence-electron chi connectivity index (χ0n) is 26.6. The van der Waals surface area contributed by atoms with Crippen molar-refractivity contribution < 1.29 is 0 Å².